The Morgan fingerprint density at radius 3 is 2.59 bits per heavy atom. The van der Waals surface area contributed by atoms with Gasteiger partial charge in [0.15, 0.2) is 5.00 Å². The predicted octanol–water partition coefficient (Wildman–Crippen LogP) is 3.67. The van der Waals surface area contributed by atoms with Gasteiger partial charge in [0.05, 0.1) is 17.6 Å². The van der Waals surface area contributed by atoms with Gasteiger partial charge in [-0.2, -0.15) is 9.64 Å². The van der Waals surface area contributed by atoms with Crippen LogP contribution >= 0.6 is 11.5 Å². The van der Waals surface area contributed by atoms with E-state index < -0.39 is 16.1 Å². The van der Waals surface area contributed by atoms with Crippen LogP contribution in [0.3, 0.4) is 0 Å². The van der Waals surface area contributed by atoms with Gasteiger partial charge in [-0.25, -0.2) is 17.9 Å². The van der Waals surface area contributed by atoms with Crippen LogP contribution in [0.4, 0.5) is 26.9 Å². The van der Waals surface area contributed by atoms with Crippen molar-refractivity contribution in [3.8, 4) is 6.07 Å². The van der Waals surface area contributed by atoms with E-state index in [4.69, 9.17) is 0 Å². The second-order valence-corrected chi connectivity index (χ2v) is 8.46. The van der Waals surface area contributed by atoms with Crippen LogP contribution in [0.25, 0.3) is 0 Å². The summed E-state index contributed by atoms with van der Waals surface area (Å²) in [5.74, 6) is 0. The molecule has 154 valence electrons. The van der Waals surface area contributed by atoms with Crippen LogP contribution in [0.5, 0.6) is 0 Å². The summed E-state index contributed by atoms with van der Waals surface area (Å²) in [4.78, 5) is 14.1. The first kappa shape index (κ1) is 22.3. The molecule has 2 rings (SSSR count). The van der Waals surface area contributed by atoms with Gasteiger partial charge < -0.3 is 10.2 Å². The second kappa shape index (κ2) is 9.44. The smallest absolute Gasteiger partial charge is 0.332 e. The number of nitrogens with zero attached hydrogens (tertiary/aromatic N) is 5. The minimum atomic E-state index is -3.72. The number of aryl methyl sites for hydroxylation is 1. The van der Waals surface area contributed by atoms with E-state index in [-0.39, 0.29) is 5.69 Å². The van der Waals surface area contributed by atoms with Gasteiger partial charge in [0.2, 0.25) is 10.0 Å². The number of carbonyl (C=O) groups is 1. The van der Waals surface area contributed by atoms with Gasteiger partial charge >= 0.3 is 6.03 Å². The van der Waals surface area contributed by atoms with Crippen molar-refractivity contribution < 1.29 is 13.2 Å². The fourth-order valence-electron chi connectivity index (χ4n) is 2.47. The molecular formula is C17H21N7O3S2. The molecule has 0 fully saturated rings. The summed E-state index contributed by atoms with van der Waals surface area (Å²) >= 11 is 1.04. The minimum Gasteiger partial charge on any atom is -0.372 e. The topological polar surface area (TPSA) is 140 Å². The molecule has 1 aromatic carbocycles. The fourth-order valence-corrected chi connectivity index (χ4v) is 3.53. The molecule has 2 amide bonds. The molecule has 0 unspecified atom stereocenters. The fraction of sp³-hybridized carbons (Fsp3) is 0.353. The lowest BCUT2D eigenvalue weighted by Gasteiger charge is -2.22. The van der Waals surface area contributed by atoms with Crippen molar-refractivity contribution in [2.45, 2.75) is 20.8 Å². The van der Waals surface area contributed by atoms with E-state index in [0.29, 0.717) is 21.9 Å². The Kier molecular flexibility index (Phi) is 7.24. The third-order valence-corrected chi connectivity index (χ3v) is 5.22. The highest BCUT2D eigenvalue weighted by Gasteiger charge is 2.14. The van der Waals surface area contributed by atoms with Crippen LogP contribution in [0.15, 0.2) is 28.4 Å². The highest BCUT2D eigenvalue weighted by Crippen LogP contribution is 2.33. The highest BCUT2D eigenvalue weighted by molar-refractivity contribution is 7.89. The Bertz CT molecular complexity index is 1070. The summed E-state index contributed by atoms with van der Waals surface area (Å²) < 4.78 is 28.6. The molecule has 0 atom stereocenters. The number of amides is 2. The number of rotatable bonds is 7. The summed E-state index contributed by atoms with van der Waals surface area (Å²) in [5.41, 5.74) is 2.31. The van der Waals surface area contributed by atoms with Crippen molar-refractivity contribution in [1.29, 1.82) is 5.26 Å². The molecule has 0 saturated heterocycles. The molecule has 10 nitrogen and oxygen atoms in total. The second-order valence-electron chi connectivity index (χ2n) is 5.96. The van der Waals surface area contributed by atoms with Gasteiger partial charge in [-0.15, -0.1) is 10.2 Å². The number of hydrogen-bond acceptors (Lipinski definition) is 9. The Morgan fingerprint density at radius 2 is 2.00 bits per heavy atom. The number of sulfonamides is 1. The number of anilines is 2. The van der Waals surface area contributed by atoms with E-state index in [2.05, 4.69) is 24.8 Å². The summed E-state index contributed by atoms with van der Waals surface area (Å²) in [7, 11) is -3.72. The van der Waals surface area contributed by atoms with Crippen LogP contribution in [-0.4, -0.2) is 38.2 Å². The van der Waals surface area contributed by atoms with E-state index in [9.17, 15) is 18.5 Å². The molecule has 0 aliphatic heterocycles. The Hall–Kier alpha value is -3.04. The monoisotopic (exact) mass is 435 g/mol. The lowest BCUT2D eigenvalue weighted by atomic mass is 10.2. The van der Waals surface area contributed by atoms with Gasteiger partial charge in [-0.1, -0.05) is 0 Å². The zero-order chi connectivity index (χ0) is 21.6. The highest BCUT2D eigenvalue weighted by atomic mass is 32.2. The maximum absolute atomic E-state index is 12.0. The number of urea groups is 1. The third-order valence-electron chi connectivity index (χ3n) is 3.84. The van der Waals surface area contributed by atoms with Gasteiger partial charge in [-0.05, 0) is 50.5 Å². The van der Waals surface area contributed by atoms with E-state index in [1.165, 1.54) is 0 Å². The van der Waals surface area contributed by atoms with E-state index in [0.717, 1.165) is 36.6 Å². The maximum Gasteiger partial charge on any atom is 0.332 e. The molecule has 0 aliphatic rings. The number of benzene rings is 1. The summed E-state index contributed by atoms with van der Waals surface area (Å²) in [6, 6.07) is 6.29. The molecule has 29 heavy (non-hydrogen) atoms. The molecule has 0 spiro atoms. The zero-order valence-corrected chi connectivity index (χ0v) is 18.1. The number of nitriles is 1. The summed E-state index contributed by atoms with van der Waals surface area (Å²) in [6.07, 6.45) is 0.884. The van der Waals surface area contributed by atoms with Crippen LogP contribution in [0.1, 0.15) is 25.1 Å². The number of aromatic nitrogens is 1. The molecule has 2 aromatic rings. The first-order chi connectivity index (χ1) is 13.7. The average Bonchev–Trinajstić information content (AvgIpc) is 3.00. The third kappa shape index (κ3) is 5.97. The van der Waals surface area contributed by atoms with E-state index in [1.807, 2.05) is 30.7 Å². The van der Waals surface area contributed by atoms with Crippen molar-refractivity contribution in [2.75, 3.05) is 29.6 Å². The van der Waals surface area contributed by atoms with Crippen molar-refractivity contribution >= 4 is 49.7 Å². The Labute approximate surface area is 173 Å². The van der Waals surface area contributed by atoms with Gasteiger partial charge in [-0.3, -0.25) is 0 Å². The van der Waals surface area contributed by atoms with Gasteiger partial charge in [0, 0.05) is 18.8 Å². The van der Waals surface area contributed by atoms with Gasteiger partial charge in [0.25, 0.3) is 0 Å². The SMILES string of the molecule is CCN(CC)c1ccc(N=Nc2snc(C)c2C#N)c(NC(=O)NS(C)(=O)=O)c1. The molecule has 0 saturated carbocycles. The Balaban J connectivity index is 2.42. The lowest BCUT2D eigenvalue weighted by molar-refractivity contribution is 0.256. The number of azo groups is 1. The minimum absolute atomic E-state index is 0.277. The molecule has 1 aromatic heterocycles. The molecular weight excluding hydrogens is 414 g/mol. The molecule has 12 heteroatoms. The van der Waals surface area contributed by atoms with Gasteiger partial charge in [0.1, 0.15) is 17.3 Å². The van der Waals surface area contributed by atoms with Crippen molar-refractivity contribution in [1.82, 2.24) is 9.10 Å². The summed E-state index contributed by atoms with van der Waals surface area (Å²) in [5, 5.41) is 20.3. The lowest BCUT2D eigenvalue weighted by Crippen LogP contribution is -2.33. The quantitative estimate of drug-likeness (QED) is 0.636. The zero-order valence-electron chi connectivity index (χ0n) is 16.4. The largest absolute Gasteiger partial charge is 0.372 e. The van der Waals surface area contributed by atoms with Crippen LogP contribution in [-0.2, 0) is 10.0 Å². The summed E-state index contributed by atoms with van der Waals surface area (Å²) in [6.45, 7) is 7.19. The first-order valence-electron chi connectivity index (χ1n) is 8.64. The number of hydrogen-bond donors (Lipinski definition) is 2. The van der Waals surface area contributed by atoms with Crippen LogP contribution in [0.2, 0.25) is 0 Å². The molecule has 2 N–H and O–H groups in total. The first-order valence-corrected chi connectivity index (χ1v) is 11.3. The van der Waals surface area contributed by atoms with Crippen molar-refractivity contribution in [3.05, 3.63) is 29.5 Å². The average molecular weight is 436 g/mol. The standard InChI is InChI=1S/C17H21N7O3S2/c1-5-24(6-2)12-7-8-14(15(9-12)19-17(25)23-29(4,26)27)20-21-16-13(10-18)11(3)22-28-16/h7-9H,5-6H2,1-4H3,(H2,19,23,25). The molecule has 1 heterocycles. The van der Waals surface area contributed by atoms with Crippen LogP contribution in [0, 0.1) is 18.3 Å². The maximum atomic E-state index is 12.0. The van der Waals surface area contributed by atoms with Crippen molar-refractivity contribution in [2.24, 2.45) is 10.2 Å². The molecule has 0 aliphatic carbocycles. The normalized spacial score (nSPS) is 11.3. The van der Waals surface area contributed by atoms with E-state index >= 15 is 0 Å². The van der Waals surface area contributed by atoms with Crippen molar-refractivity contribution in [3.63, 3.8) is 0 Å². The number of carbonyl (C=O) groups excluding carboxylic acids is 1. The number of nitrogens with one attached hydrogen (secondary N) is 2. The Morgan fingerprint density at radius 1 is 1.31 bits per heavy atom. The molecule has 0 radical (unpaired) electrons. The van der Waals surface area contributed by atoms with Crippen LogP contribution < -0.4 is 14.9 Å². The predicted molar refractivity (Wildman–Crippen MR) is 113 cm³/mol. The molecule has 0 bridgehead atoms. The van der Waals surface area contributed by atoms with E-state index in [1.54, 1.807) is 19.1 Å².